The summed E-state index contributed by atoms with van der Waals surface area (Å²) in [7, 11) is 0. The molecule has 0 aliphatic rings. The normalized spacial score (nSPS) is 10.5. The Labute approximate surface area is 119 Å². The lowest BCUT2D eigenvalue weighted by atomic mass is 10.0. The monoisotopic (exact) mass is 283 g/mol. The largest absolute Gasteiger partial charge is 0.476 e. The van der Waals surface area contributed by atoms with Crippen LogP contribution in [0.3, 0.4) is 0 Å². The van der Waals surface area contributed by atoms with E-state index < -0.39 is 11.8 Å². The third-order valence-electron chi connectivity index (χ3n) is 3.05. The predicted molar refractivity (Wildman–Crippen MR) is 73.7 cm³/mol. The summed E-state index contributed by atoms with van der Waals surface area (Å²) in [6.07, 6.45) is 1.12. The van der Waals surface area contributed by atoms with Crippen LogP contribution in [0.2, 0.25) is 0 Å². The molecule has 3 aromatic rings. The summed E-state index contributed by atoms with van der Waals surface area (Å²) < 4.78 is 15.3. The molecule has 0 aliphatic carbocycles. The molecule has 0 saturated heterocycles. The molecular weight excluding hydrogens is 273 g/mol. The molecule has 1 N–H and O–H groups in total. The minimum atomic E-state index is -1.17. The lowest BCUT2D eigenvalue weighted by Crippen LogP contribution is -2.08. The van der Waals surface area contributed by atoms with Crippen LogP contribution in [0.1, 0.15) is 10.5 Å². The Hall–Kier alpha value is -3.02. The minimum Gasteiger partial charge on any atom is -0.476 e. The quantitative estimate of drug-likeness (QED) is 0.802. The first-order chi connectivity index (χ1) is 10.2. The van der Waals surface area contributed by atoms with Crippen LogP contribution in [0, 0.1) is 5.82 Å². The number of carbonyl (C=O) groups is 1. The molecule has 0 unspecified atom stereocenters. The number of aromatic carboxylic acids is 1. The van der Waals surface area contributed by atoms with Crippen LogP contribution in [0.25, 0.3) is 16.8 Å². The van der Waals surface area contributed by atoms with Crippen molar-refractivity contribution in [2.75, 3.05) is 0 Å². The van der Waals surface area contributed by atoms with Gasteiger partial charge < -0.3 is 5.11 Å². The van der Waals surface area contributed by atoms with Gasteiger partial charge in [-0.3, -0.25) is 0 Å². The van der Waals surface area contributed by atoms with Crippen LogP contribution >= 0.6 is 0 Å². The molecule has 0 saturated carbocycles. The van der Waals surface area contributed by atoms with Gasteiger partial charge in [-0.2, -0.15) is 0 Å². The second-order valence-corrected chi connectivity index (χ2v) is 4.37. The van der Waals surface area contributed by atoms with Gasteiger partial charge in [0.15, 0.2) is 5.69 Å². The van der Waals surface area contributed by atoms with E-state index in [0.717, 1.165) is 16.4 Å². The van der Waals surface area contributed by atoms with E-state index in [9.17, 15) is 9.18 Å². The number of rotatable bonds is 3. The summed E-state index contributed by atoms with van der Waals surface area (Å²) in [5.41, 5.74) is 1.37. The predicted octanol–water partition coefficient (Wildman–Crippen LogP) is 2.77. The highest BCUT2D eigenvalue weighted by Gasteiger charge is 2.14. The number of hydrogen-bond acceptors (Lipinski definition) is 3. The van der Waals surface area contributed by atoms with Gasteiger partial charge in [0.2, 0.25) is 0 Å². The van der Waals surface area contributed by atoms with Crippen LogP contribution in [0.5, 0.6) is 0 Å². The van der Waals surface area contributed by atoms with Crippen LogP contribution in [0.15, 0.2) is 54.7 Å². The zero-order chi connectivity index (χ0) is 14.8. The maximum atomic E-state index is 14.3. The van der Waals surface area contributed by atoms with E-state index in [0.29, 0.717) is 11.3 Å². The number of carboxylic acid groups (broad SMARTS) is 1. The standard InChI is InChI=1S/C15H10FN3O2/c16-13-8-11(19-14(15(20)21)9-17-18-19)6-7-12(13)10-4-2-1-3-5-10/h1-9H,(H,20,21). The molecule has 6 heteroatoms. The van der Waals surface area contributed by atoms with E-state index in [2.05, 4.69) is 10.3 Å². The Balaban J connectivity index is 2.06. The molecule has 0 atom stereocenters. The summed E-state index contributed by atoms with van der Waals surface area (Å²) in [4.78, 5) is 11.0. The molecule has 21 heavy (non-hydrogen) atoms. The third-order valence-corrected chi connectivity index (χ3v) is 3.05. The molecule has 3 rings (SSSR count). The van der Waals surface area contributed by atoms with Crippen molar-refractivity contribution in [1.82, 2.24) is 15.0 Å². The van der Waals surface area contributed by atoms with Gasteiger partial charge in [-0.05, 0) is 17.7 Å². The molecule has 0 fully saturated rings. The topological polar surface area (TPSA) is 68.0 Å². The van der Waals surface area contributed by atoms with Crippen molar-refractivity contribution in [1.29, 1.82) is 0 Å². The fourth-order valence-corrected chi connectivity index (χ4v) is 2.06. The Kier molecular flexibility index (Phi) is 3.19. The Morgan fingerprint density at radius 2 is 1.90 bits per heavy atom. The van der Waals surface area contributed by atoms with Crippen molar-refractivity contribution < 1.29 is 14.3 Å². The van der Waals surface area contributed by atoms with Crippen molar-refractivity contribution in [2.45, 2.75) is 0 Å². The summed E-state index contributed by atoms with van der Waals surface area (Å²) >= 11 is 0. The van der Waals surface area contributed by atoms with Crippen molar-refractivity contribution in [3.63, 3.8) is 0 Å². The molecule has 0 aliphatic heterocycles. The number of hydrogen-bond donors (Lipinski definition) is 1. The van der Waals surface area contributed by atoms with Crippen molar-refractivity contribution >= 4 is 5.97 Å². The van der Waals surface area contributed by atoms with Crippen LogP contribution in [0.4, 0.5) is 4.39 Å². The fraction of sp³-hybridized carbons (Fsp3) is 0. The third kappa shape index (κ3) is 2.38. The maximum Gasteiger partial charge on any atom is 0.356 e. The summed E-state index contributed by atoms with van der Waals surface area (Å²) in [5, 5.41) is 16.2. The highest BCUT2D eigenvalue weighted by atomic mass is 19.1. The molecule has 5 nitrogen and oxygen atoms in total. The van der Waals surface area contributed by atoms with Gasteiger partial charge in [0, 0.05) is 11.6 Å². The first kappa shape index (κ1) is 13.0. The number of carboxylic acids is 1. The number of benzene rings is 2. The second kappa shape index (κ2) is 5.16. The summed E-state index contributed by atoms with van der Waals surface area (Å²) in [5.74, 6) is -1.63. The Morgan fingerprint density at radius 3 is 2.57 bits per heavy atom. The molecule has 0 spiro atoms. The molecule has 2 aromatic carbocycles. The molecule has 0 amide bonds. The van der Waals surface area contributed by atoms with E-state index in [-0.39, 0.29) is 5.69 Å². The van der Waals surface area contributed by atoms with Crippen LogP contribution in [-0.4, -0.2) is 26.1 Å². The molecule has 0 radical (unpaired) electrons. The SMILES string of the molecule is O=C(O)c1cnnn1-c1ccc(-c2ccccc2)c(F)c1. The number of halogens is 1. The lowest BCUT2D eigenvalue weighted by molar-refractivity contribution is 0.0687. The second-order valence-electron chi connectivity index (χ2n) is 4.37. The van der Waals surface area contributed by atoms with E-state index in [4.69, 9.17) is 5.11 Å². The Morgan fingerprint density at radius 1 is 1.14 bits per heavy atom. The number of aromatic nitrogens is 3. The molecule has 1 aromatic heterocycles. The van der Waals surface area contributed by atoms with Gasteiger partial charge in [-0.25, -0.2) is 13.9 Å². The zero-order valence-electron chi connectivity index (χ0n) is 10.8. The van der Waals surface area contributed by atoms with Crippen LogP contribution in [-0.2, 0) is 0 Å². The molecule has 1 heterocycles. The molecule has 0 bridgehead atoms. The van der Waals surface area contributed by atoms with Gasteiger partial charge in [0.05, 0.1) is 11.9 Å². The highest BCUT2D eigenvalue weighted by Crippen LogP contribution is 2.24. The van der Waals surface area contributed by atoms with Gasteiger partial charge in [0.1, 0.15) is 5.82 Å². The zero-order valence-corrected chi connectivity index (χ0v) is 10.8. The molecular formula is C15H10FN3O2. The molecule has 104 valence electrons. The summed E-state index contributed by atoms with van der Waals surface area (Å²) in [6, 6.07) is 13.5. The van der Waals surface area contributed by atoms with Gasteiger partial charge >= 0.3 is 5.97 Å². The van der Waals surface area contributed by atoms with E-state index in [1.165, 1.54) is 6.07 Å². The van der Waals surface area contributed by atoms with Crippen LogP contribution < -0.4 is 0 Å². The van der Waals surface area contributed by atoms with Gasteiger partial charge in [0.25, 0.3) is 0 Å². The Bertz CT molecular complexity index is 800. The van der Waals surface area contributed by atoms with Gasteiger partial charge in [-0.15, -0.1) is 5.10 Å². The fourth-order valence-electron chi connectivity index (χ4n) is 2.06. The van der Waals surface area contributed by atoms with Crippen molar-refractivity contribution in [3.05, 3.63) is 66.2 Å². The van der Waals surface area contributed by atoms with E-state index >= 15 is 0 Å². The maximum absolute atomic E-state index is 14.3. The number of nitrogens with zero attached hydrogens (tertiary/aromatic N) is 3. The first-order valence-corrected chi connectivity index (χ1v) is 6.16. The average molecular weight is 283 g/mol. The first-order valence-electron chi connectivity index (χ1n) is 6.16. The smallest absolute Gasteiger partial charge is 0.356 e. The van der Waals surface area contributed by atoms with E-state index in [1.54, 1.807) is 24.3 Å². The minimum absolute atomic E-state index is 0.123. The van der Waals surface area contributed by atoms with Crippen molar-refractivity contribution in [2.24, 2.45) is 0 Å². The summed E-state index contributed by atoms with van der Waals surface area (Å²) in [6.45, 7) is 0. The lowest BCUT2D eigenvalue weighted by Gasteiger charge is -2.07. The van der Waals surface area contributed by atoms with E-state index in [1.807, 2.05) is 18.2 Å². The van der Waals surface area contributed by atoms with Gasteiger partial charge in [-0.1, -0.05) is 35.5 Å². The van der Waals surface area contributed by atoms with Crippen molar-refractivity contribution in [3.8, 4) is 16.8 Å². The highest BCUT2D eigenvalue weighted by molar-refractivity contribution is 5.85. The average Bonchev–Trinajstić information content (AvgIpc) is 2.97.